The lowest BCUT2D eigenvalue weighted by Crippen LogP contribution is -2.53. The molecule has 2 heteroatoms. The van der Waals surface area contributed by atoms with Crippen LogP contribution in [0.3, 0.4) is 0 Å². The van der Waals surface area contributed by atoms with Gasteiger partial charge in [0.05, 0.1) is 0 Å². The standard InChI is InChI=1S/C13H28N2/c1-10(2)12(5)8-15-7-6-14-13(9-15)11(3)4/h10-14H,6-9H2,1-5H3. The normalized spacial score (nSPS) is 26.2. The Bertz CT molecular complexity index is 175. The summed E-state index contributed by atoms with van der Waals surface area (Å²) in [6, 6.07) is 0.693. The number of rotatable bonds is 4. The fourth-order valence-electron chi connectivity index (χ4n) is 2.07. The van der Waals surface area contributed by atoms with Gasteiger partial charge in [0.25, 0.3) is 0 Å². The Hall–Kier alpha value is -0.0800. The zero-order valence-electron chi connectivity index (χ0n) is 11.1. The lowest BCUT2D eigenvalue weighted by molar-refractivity contribution is 0.144. The van der Waals surface area contributed by atoms with Crippen LogP contribution in [0, 0.1) is 17.8 Å². The first-order valence-corrected chi connectivity index (χ1v) is 6.46. The fourth-order valence-corrected chi connectivity index (χ4v) is 2.07. The van der Waals surface area contributed by atoms with Crippen LogP contribution in [-0.2, 0) is 0 Å². The maximum atomic E-state index is 3.61. The SMILES string of the molecule is CC(C)C(C)CN1CCNC(C(C)C)C1. The number of hydrogen-bond acceptors (Lipinski definition) is 2. The maximum Gasteiger partial charge on any atom is 0.0218 e. The third-order valence-electron chi connectivity index (χ3n) is 3.78. The van der Waals surface area contributed by atoms with Gasteiger partial charge in [0.2, 0.25) is 0 Å². The van der Waals surface area contributed by atoms with Gasteiger partial charge in [0, 0.05) is 32.2 Å². The lowest BCUT2D eigenvalue weighted by atomic mass is 9.96. The quantitative estimate of drug-likeness (QED) is 0.768. The molecule has 0 amide bonds. The Morgan fingerprint density at radius 2 is 1.87 bits per heavy atom. The zero-order chi connectivity index (χ0) is 11.4. The van der Waals surface area contributed by atoms with Gasteiger partial charge in [0.15, 0.2) is 0 Å². The van der Waals surface area contributed by atoms with Gasteiger partial charge in [-0.25, -0.2) is 0 Å². The molecule has 0 bridgehead atoms. The summed E-state index contributed by atoms with van der Waals surface area (Å²) < 4.78 is 0. The molecule has 1 heterocycles. The van der Waals surface area contributed by atoms with Crippen LogP contribution in [0.1, 0.15) is 34.6 Å². The Balaban J connectivity index is 2.36. The molecule has 1 saturated heterocycles. The lowest BCUT2D eigenvalue weighted by Gasteiger charge is -2.37. The molecule has 0 aromatic heterocycles. The van der Waals surface area contributed by atoms with Crippen molar-refractivity contribution < 1.29 is 0 Å². The van der Waals surface area contributed by atoms with E-state index in [0.29, 0.717) is 6.04 Å². The van der Waals surface area contributed by atoms with Crippen molar-refractivity contribution in [1.82, 2.24) is 10.2 Å². The van der Waals surface area contributed by atoms with E-state index in [1.165, 1.54) is 19.6 Å². The van der Waals surface area contributed by atoms with Gasteiger partial charge < -0.3 is 10.2 Å². The Morgan fingerprint density at radius 1 is 1.20 bits per heavy atom. The van der Waals surface area contributed by atoms with E-state index in [1.807, 2.05) is 0 Å². The minimum Gasteiger partial charge on any atom is -0.311 e. The monoisotopic (exact) mass is 212 g/mol. The molecule has 0 aliphatic carbocycles. The molecule has 1 aliphatic rings. The van der Waals surface area contributed by atoms with Gasteiger partial charge >= 0.3 is 0 Å². The first-order valence-electron chi connectivity index (χ1n) is 6.46. The van der Waals surface area contributed by atoms with E-state index in [9.17, 15) is 0 Å². The van der Waals surface area contributed by atoms with E-state index >= 15 is 0 Å². The summed E-state index contributed by atoms with van der Waals surface area (Å²) in [7, 11) is 0. The van der Waals surface area contributed by atoms with Gasteiger partial charge in [-0.15, -0.1) is 0 Å². The van der Waals surface area contributed by atoms with Crippen molar-refractivity contribution in [3.63, 3.8) is 0 Å². The number of nitrogens with zero attached hydrogens (tertiary/aromatic N) is 1. The highest BCUT2D eigenvalue weighted by atomic mass is 15.2. The molecular weight excluding hydrogens is 184 g/mol. The summed E-state index contributed by atoms with van der Waals surface area (Å²) in [4.78, 5) is 2.63. The smallest absolute Gasteiger partial charge is 0.0218 e. The molecule has 0 spiro atoms. The molecule has 90 valence electrons. The van der Waals surface area contributed by atoms with Crippen molar-refractivity contribution in [2.45, 2.75) is 40.7 Å². The van der Waals surface area contributed by atoms with E-state index in [1.54, 1.807) is 0 Å². The van der Waals surface area contributed by atoms with Crippen LogP contribution in [-0.4, -0.2) is 37.1 Å². The zero-order valence-corrected chi connectivity index (χ0v) is 11.1. The second-order valence-electron chi connectivity index (χ2n) is 5.79. The van der Waals surface area contributed by atoms with E-state index < -0.39 is 0 Å². The van der Waals surface area contributed by atoms with Crippen molar-refractivity contribution in [2.75, 3.05) is 26.2 Å². The molecule has 1 fully saturated rings. The third kappa shape index (κ3) is 4.12. The highest BCUT2D eigenvalue weighted by molar-refractivity contribution is 4.81. The van der Waals surface area contributed by atoms with Crippen molar-refractivity contribution in [1.29, 1.82) is 0 Å². The van der Waals surface area contributed by atoms with E-state index in [4.69, 9.17) is 0 Å². The molecule has 0 saturated carbocycles. The summed E-state index contributed by atoms with van der Waals surface area (Å²) in [5.41, 5.74) is 0. The molecule has 2 nitrogen and oxygen atoms in total. The minimum absolute atomic E-state index is 0.693. The topological polar surface area (TPSA) is 15.3 Å². The molecule has 2 unspecified atom stereocenters. The first kappa shape index (κ1) is 13.0. The Labute approximate surface area is 95.4 Å². The summed E-state index contributed by atoms with van der Waals surface area (Å²) in [5.74, 6) is 2.37. The third-order valence-corrected chi connectivity index (χ3v) is 3.78. The molecule has 1 rings (SSSR count). The second kappa shape index (κ2) is 5.86. The van der Waals surface area contributed by atoms with Crippen molar-refractivity contribution in [3.05, 3.63) is 0 Å². The van der Waals surface area contributed by atoms with E-state index in [2.05, 4.69) is 44.8 Å². The molecule has 15 heavy (non-hydrogen) atoms. The molecule has 2 atom stereocenters. The van der Waals surface area contributed by atoms with Crippen LogP contribution in [0.2, 0.25) is 0 Å². The number of hydrogen-bond donors (Lipinski definition) is 1. The van der Waals surface area contributed by atoms with Crippen LogP contribution < -0.4 is 5.32 Å². The first-order chi connectivity index (χ1) is 7.00. The minimum atomic E-state index is 0.693. The molecule has 0 radical (unpaired) electrons. The average Bonchev–Trinajstić information content (AvgIpc) is 2.18. The molecule has 1 aliphatic heterocycles. The van der Waals surface area contributed by atoms with Crippen LogP contribution in [0.4, 0.5) is 0 Å². The van der Waals surface area contributed by atoms with Crippen LogP contribution >= 0.6 is 0 Å². The van der Waals surface area contributed by atoms with Crippen molar-refractivity contribution in [3.8, 4) is 0 Å². The predicted octanol–water partition coefficient (Wildman–Crippen LogP) is 2.21. The Morgan fingerprint density at radius 3 is 2.40 bits per heavy atom. The summed E-state index contributed by atoms with van der Waals surface area (Å²) in [5, 5.41) is 3.61. The highest BCUT2D eigenvalue weighted by Crippen LogP contribution is 2.14. The van der Waals surface area contributed by atoms with Gasteiger partial charge in [-0.1, -0.05) is 34.6 Å². The van der Waals surface area contributed by atoms with E-state index in [0.717, 1.165) is 24.3 Å². The van der Waals surface area contributed by atoms with Crippen molar-refractivity contribution >= 4 is 0 Å². The number of nitrogens with one attached hydrogen (secondary N) is 1. The molecule has 0 aromatic carbocycles. The molecule has 1 N–H and O–H groups in total. The summed E-state index contributed by atoms with van der Waals surface area (Å²) in [6.07, 6.45) is 0. The van der Waals surface area contributed by atoms with Gasteiger partial charge in [-0.05, 0) is 17.8 Å². The summed E-state index contributed by atoms with van der Waals surface area (Å²) >= 11 is 0. The van der Waals surface area contributed by atoms with Crippen LogP contribution in [0.5, 0.6) is 0 Å². The number of piperazine rings is 1. The predicted molar refractivity (Wildman–Crippen MR) is 67.1 cm³/mol. The van der Waals surface area contributed by atoms with Crippen molar-refractivity contribution in [2.24, 2.45) is 17.8 Å². The van der Waals surface area contributed by atoms with Gasteiger partial charge in [0.1, 0.15) is 0 Å². The highest BCUT2D eigenvalue weighted by Gasteiger charge is 2.23. The second-order valence-corrected chi connectivity index (χ2v) is 5.79. The summed E-state index contributed by atoms with van der Waals surface area (Å²) in [6.45, 7) is 16.5. The van der Waals surface area contributed by atoms with Crippen LogP contribution in [0.25, 0.3) is 0 Å². The Kier molecular flexibility index (Phi) is 5.07. The van der Waals surface area contributed by atoms with Gasteiger partial charge in [-0.3, -0.25) is 0 Å². The van der Waals surface area contributed by atoms with E-state index in [-0.39, 0.29) is 0 Å². The molecular formula is C13H28N2. The largest absolute Gasteiger partial charge is 0.311 e. The molecule has 0 aromatic rings. The van der Waals surface area contributed by atoms with Crippen LogP contribution in [0.15, 0.2) is 0 Å². The van der Waals surface area contributed by atoms with Gasteiger partial charge in [-0.2, -0.15) is 0 Å². The maximum absolute atomic E-state index is 3.61. The average molecular weight is 212 g/mol. The fraction of sp³-hybridized carbons (Fsp3) is 1.00.